The van der Waals surface area contributed by atoms with Crippen LogP contribution in [0.3, 0.4) is 0 Å². The summed E-state index contributed by atoms with van der Waals surface area (Å²) in [5.41, 5.74) is 0. The Morgan fingerprint density at radius 3 is 2.91 bits per heavy atom. The highest BCUT2D eigenvalue weighted by molar-refractivity contribution is 5.75. The third kappa shape index (κ3) is 2.19. The molecule has 1 rings (SSSR count). The largest absolute Gasteiger partial charge is 0.466 e. The van der Waals surface area contributed by atoms with Crippen molar-refractivity contribution in [2.75, 3.05) is 20.3 Å². The monoisotopic (exact) mass is 158 g/mol. The molecular weight excluding hydrogens is 144 g/mol. The summed E-state index contributed by atoms with van der Waals surface area (Å²) in [5, 5.41) is 0. The summed E-state index contributed by atoms with van der Waals surface area (Å²) in [6, 6.07) is 0. The standard InChI is InChI=1S/C8H14O3/c1-3-11-8(9)7-4-6(7)5-10-2/h6-7H,3-5H2,1-2H3/t6-,7+/m0/s1. The molecule has 2 atom stereocenters. The van der Waals surface area contributed by atoms with Gasteiger partial charge in [0.2, 0.25) is 0 Å². The molecule has 0 spiro atoms. The number of esters is 1. The van der Waals surface area contributed by atoms with Gasteiger partial charge < -0.3 is 9.47 Å². The van der Waals surface area contributed by atoms with E-state index in [-0.39, 0.29) is 11.9 Å². The van der Waals surface area contributed by atoms with Crippen LogP contribution in [0.1, 0.15) is 13.3 Å². The van der Waals surface area contributed by atoms with Gasteiger partial charge in [-0.3, -0.25) is 4.79 Å². The second-order valence-corrected chi connectivity index (χ2v) is 2.81. The Bertz CT molecular complexity index is 144. The molecule has 0 amide bonds. The van der Waals surface area contributed by atoms with Crippen LogP contribution < -0.4 is 0 Å². The molecule has 0 saturated heterocycles. The molecule has 3 nitrogen and oxygen atoms in total. The quantitative estimate of drug-likeness (QED) is 0.568. The van der Waals surface area contributed by atoms with Crippen molar-refractivity contribution in [3.63, 3.8) is 0 Å². The third-order valence-electron chi connectivity index (χ3n) is 1.89. The number of hydrogen-bond acceptors (Lipinski definition) is 3. The molecule has 11 heavy (non-hydrogen) atoms. The first kappa shape index (κ1) is 8.53. The summed E-state index contributed by atoms with van der Waals surface area (Å²) >= 11 is 0. The zero-order chi connectivity index (χ0) is 8.27. The Labute approximate surface area is 66.7 Å². The number of carbonyl (C=O) groups is 1. The summed E-state index contributed by atoms with van der Waals surface area (Å²) in [6.07, 6.45) is 0.937. The predicted octanol–water partition coefficient (Wildman–Crippen LogP) is 0.832. The molecule has 1 saturated carbocycles. The Balaban J connectivity index is 2.15. The van der Waals surface area contributed by atoms with Crippen molar-refractivity contribution in [2.45, 2.75) is 13.3 Å². The van der Waals surface area contributed by atoms with Crippen LogP contribution in [0.5, 0.6) is 0 Å². The van der Waals surface area contributed by atoms with Gasteiger partial charge in [-0.15, -0.1) is 0 Å². The molecule has 0 unspecified atom stereocenters. The molecule has 1 aliphatic carbocycles. The molecule has 1 fully saturated rings. The molecule has 3 heteroatoms. The molecular formula is C8H14O3. The van der Waals surface area contributed by atoms with E-state index in [4.69, 9.17) is 9.47 Å². The van der Waals surface area contributed by atoms with Gasteiger partial charge >= 0.3 is 5.97 Å². The second kappa shape index (κ2) is 3.72. The predicted molar refractivity (Wildman–Crippen MR) is 40.1 cm³/mol. The van der Waals surface area contributed by atoms with Gasteiger partial charge in [-0.2, -0.15) is 0 Å². The van der Waals surface area contributed by atoms with Crippen LogP contribution in [0.4, 0.5) is 0 Å². The van der Waals surface area contributed by atoms with E-state index in [1.165, 1.54) is 0 Å². The van der Waals surface area contributed by atoms with E-state index >= 15 is 0 Å². The van der Waals surface area contributed by atoms with E-state index in [0.29, 0.717) is 19.1 Å². The van der Waals surface area contributed by atoms with E-state index in [1.54, 1.807) is 7.11 Å². The van der Waals surface area contributed by atoms with Crippen molar-refractivity contribution in [3.8, 4) is 0 Å². The third-order valence-corrected chi connectivity index (χ3v) is 1.89. The van der Waals surface area contributed by atoms with Crippen LogP contribution in [-0.2, 0) is 14.3 Å². The molecule has 0 aromatic heterocycles. The molecule has 0 heterocycles. The van der Waals surface area contributed by atoms with Gasteiger partial charge in [0.25, 0.3) is 0 Å². The molecule has 0 aromatic carbocycles. The molecule has 64 valence electrons. The Hall–Kier alpha value is -0.570. The van der Waals surface area contributed by atoms with Crippen molar-refractivity contribution in [2.24, 2.45) is 11.8 Å². The Kier molecular flexibility index (Phi) is 2.88. The zero-order valence-corrected chi connectivity index (χ0v) is 7.00. The highest BCUT2D eigenvalue weighted by Gasteiger charge is 2.43. The number of methoxy groups -OCH3 is 1. The fraction of sp³-hybridized carbons (Fsp3) is 0.875. The van der Waals surface area contributed by atoms with E-state index in [2.05, 4.69) is 0 Å². The molecule has 0 bridgehead atoms. The SMILES string of the molecule is CCOC(=O)[C@@H]1C[C@H]1COC. The van der Waals surface area contributed by atoms with E-state index in [0.717, 1.165) is 6.42 Å². The topological polar surface area (TPSA) is 35.5 Å². The number of carbonyl (C=O) groups excluding carboxylic acids is 1. The van der Waals surface area contributed by atoms with Crippen LogP contribution in [0, 0.1) is 11.8 Å². The van der Waals surface area contributed by atoms with Gasteiger partial charge in [-0.05, 0) is 19.3 Å². The van der Waals surface area contributed by atoms with Crippen molar-refractivity contribution < 1.29 is 14.3 Å². The van der Waals surface area contributed by atoms with Gasteiger partial charge in [-0.25, -0.2) is 0 Å². The van der Waals surface area contributed by atoms with Crippen molar-refractivity contribution in [1.82, 2.24) is 0 Å². The van der Waals surface area contributed by atoms with Gasteiger partial charge in [0.1, 0.15) is 0 Å². The molecule has 0 aromatic rings. The van der Waals surface area contributed by atoms with Crippen LogP contribution in [-0.4, -0.2) is 26.3 Å². The minimum Gasteiger partial charge on any atom is -0.466 e. The number of ether oxygens (including phenoxy) is 2. The van der Waals surface area contributed by atoms with Crippen molar-refractivity contribution in [1.29, 1.82) is 0 Å². The van der Waals surface area contributed by atoms with E-state index in [1.807, 2.05) is 6.92 Å². The lowest BCUT2D eigenvalue weighted by Crippen LogP contribution is -2.09. The van der Waals surface area contributed by atoms with Crippen molar-refractivity contribution in [3.05, 3.63) is 0 Å². The molecule has 1 aliphatic rings. The molecule has 0 N–H and O–H groups in total. The number of rotatable bonds is 4. The summed E-state index contributed by atoms with van der Waals surface area (Å²) in [7, 11) is 1.65. The smallest absolute Gasteiger partial charge is 0.309 e. The van der Waals surface area contributed by atoms with Crippen LogP contribution in [0.2, 0.25) is 0 Å². The average Bonchev–Trinajstić information content (AvgIpc) is 2.69. The maximum absolute atomic E-state index is 11.0. The van der Waals surface area contributed by atoms with Gasteiger partial charge in [0, 0.05) is 13.7 Å². The first-order valence-corrected chi connectivity index (χ1v) is 3.95. The first-order chi connectivity index (χ1) is 5.29. The fourth-order valence-corrected chi connectivity index (χ4v) is 1.18. The van der Waals surface area contributed by atoms with Crippen LogP contribution in [0.15, 0.2) is 0 Å². The lowest BCUT2D eigenvalue weighted by atomic mass is 10.3. The zero-order valence-electron chi connectivity index (χ0n) is 7.00. The summed E-state index contributed by atoms with van der Waals surface area (Å²) in [4.78, 5) is 11.0. The first-order valence-electron chi connectivity index (χ1n) is 3.95. The van der Waals surface area contributed by atoms with E-state index in [9.17, 15) is 4.79 Å². The molecule has 0 aliphatic heterocycles. The Morgan fingerprint density at radius 2 is 2.36 bits per heavy atom. The average molecular weight is 158 g/mol. The Morgan fingerprint density at radius 1 is 1.64 bits per heavy atom. The van der Waals surface area contributed by atoms with Crippen LogP contribution in [0.25, 0.3) is 0 Å². The van der Waals surface area contributed by atoms with Gasteiger partial charge in [0.15, 0.2) is 0 Å². The maximum atomic E-state index is 11.0. The van der Waals surface area contributed by atoms with Crippen LogP contribution >= 0.6 is 0 Å². The minimum atomic E-state index is -0.0606. The summed E-state index contributed by atoms with van der Waals surface area (Å²) < 4.78 is 9.76. The normalized spacial score (nSPS) is 28.2. The fourth-order valence-electron chi connectivity index (χ4n) is 1.18. The maximum Gasteiger partial charge on any atom is 0.309 e. The lowest BCUT2D eigenvalue weighted by molar-refractivity contribution is -0.145. The number of hydrogen-bond donors (Lipinski definition) is 0. The highest BCUT2D eigenvalue weighted by Crippen LogP contribution is 2.39. The summed E-state index contributed by atoms with van der Waals surface area (Å²) in [6.45, 7) is 2.99. The van der Waals surface area contributed by atoms with E-state index < -0.39 is 0 Å². The van der Waals surface area contributed by atoms with Crippen molar-refractivity contribution >= 4 is 5.97 Å². The second-order valence-electron chi connectivity index (χ2n) is 2.81. The van der Waals surface area contributed by atoms with Gasteiger partial charge in [-0.1, -0.05) is 0 Å². The van der Waals surface area contributed by atoms with Gasteiger partial charge in [0.05, 0.1) is 12.5 Å². The highest BCUT2D eigenvalue weighted by atomic mass is 16.5. The lowest BCUT2D eigenvalue weighted by Gasteiger charge is -1.99. The molecule has 0 radical (unpaired) electrons. The minimum absolute atomic E-state index is 0.0606. The summed E-state index contributed by atoms with van der Waals surface area (Å²) in [5.74, 6) is 0.475.